The van der Waals surface area contributed by atoms with Gasteiger partial charge in [0, 0.05) is 61.8 Å². The Morgan fingerprint density at radius 3 is 2.49 bits per heavy atom. The minimum Gasteiger partial charge on any atom is -0.479 e. The van der Waals surface area contributed by atoms with E-state index in [0.717, 1.165) is 57.3 Å². The van der Waals surface area contributed by atoms with Gasteiger partial charge in [-0.1, -0.05) is 43.8 Å². The first-order valence-corrected chi connectivity index (χ1v) is 16.1. The molecule has 2 aromatic carbocycles. The molecule has 2 aromatic rings. The number of benzene rings is 2. The first-order valence-electron chi connectivity index (χ1n) is 16.1. The van der Waals surface area contributed by atoms with Gasteiger partial charge in [0.15, 0.2) is 5.90 Å². The predicted octanol–water partition coefficient (Wildman–Crippen LogP) is 5.88. The summed E-state index contributed by atoms with van der Waals surface area (Å²) < 4.78 is 6.50. The number of aryl methyl sites for hydroxylation is 1. The number of anilines is 1. The van der Waals surface area contributed by atoms with Crippen molar-refractivity contribution in [2.24, 2.45) is 4.99 Å². The number of ether oxygens (including phenoxy) is 1. The average molecular weight is 554 g/mol. The first-order chi connectivity index (χ1) is 20.0. The Morgan fingerprint density at radius 1 is 1.05 bits per heavy atom. The van der Waals surface area contributed by atoms with Gasteiger partial charge < -0.3 is 19.9 Å². The Kier molecular flexibility index (Phi) is 7.32. The first kappa shape index (κ1) is 27.0. The van der Waals surface area contributed by atoms with E-state index >= 15 is 0 Å². The Morgan fingerprint density at radius 2 is 1.78 bits per heavy atom. The van der Waals surface area contributed by atoms with E-state index in [1.807, 2.05) is 0 Å². The molecule has 0 spiro atoms. The summed E-state index contributed by atoms with van der Waals surface area (Å²) in [6, 6.07) is 14.6. The molecule has 5 heterocycles. The predicted molar refractivity (Wildman–Crippen MR) is 170 cm³/mol. The number of nitrogens with zero attached hydrogens (tertiary/aromatic N) is 4. The molecule has 1 N–H and O–H groups in total. The topological polar surface area (TPSA) is 43.3 Å². The second-order valence-electron chi connectivity index (χ2n) is 13.1. The smallest absolute Gasteiger partial charge is 0.186 e. The Hall–Kier alpha value is -2.83. The molecule has 0 aromatic heterocycles. The normalized spacial score (nSPS) is 27.6. The molecule has 5 saturated heterocycles. The number of piperidine rings is 1. The van der Waals surface area contributed by atoms with E-state index in [4.69, 9.17) is 9.73 Å². The SMILES string of the molecule is C=C1CN(c2cccc3cccc(CC)c23)CC/C1=C(/N=C(\C)OCC12CCCN1CCC2)N1CC2CCC(C1)N2. The molecular formula is C35H47N5O. The van der Waals surface area contributed by atoms with Crippen LogP contribution in [0.15, 0.2) is 64.9 Å². The van der Waals surface area contributed by atoms with E-state index in [1.165, 1.54) is 84.8 Å². The largest absolute Gasteiger partial charge is 0.479 e. The van der Waals surface area contributed by atoms with Crippen molar-refractivity contribution in [1.29, 1.82) is 0 Å². The molecule has 2 bridgehead atoms. The van der Waals surface area contributed by atoms with Crippen LogP contribution >= 0.6 is 0 Å². The maximum absolute atomic E-state index is 6.50. The molecule has 218 valence electrons. The van der Waals surface area contributed by atoms with E-state index in [-0.39, 0.29) is 5.54 Å². The number of piperazine rings is 1. The number of fused-ring (bicyclic) bond motifs is 4. The lowest BCUT2D eigenvalue weighted by Gasteiger charge is -2.39. The quantitative estimate of drug-likeness (QED) is 0.358. The fourth-order valence-corrected chi connectivity index (χ4v) is 8.44. The van der Waals surface area contributed by atoms with Crippen molar-refractivity contribution in [1.82, 2.24) is 15.1 Å². The van der Waals surface area contributed by atoms with Gasteiger partial charge in [-0.3, -0.25) is 4.90 Å². The number of aliphatic imine (C=N–C) groups is 1. The summed E-state index contributed by atoms with van der Waals surface area (Å²) in [6.07, 6.45) is 9.62. The zero-order valence-corrected chi connectivity index (χ0v) is 25.1. The van der Waals surface area contributed by atoms with Crippen LogP contribution in [0.3, 0.4) is 0 Å². The number of likely N-dealkylation sites (tertiary alicyclic amines) is 1. The second-order valence-corrected chi connectivity index (χ2v) is 13.1. The Labute approximate surface area is 246 Å². The van der Waals surface area contributed by atoms with Gasteiger partial charge in [-0.25, -0.2) is 4.99 Å². The van der Waals surface area contributed by atoms with Crippen molar-refractivity contribution in [3.8, 4) is 0 Å². The Bertz CT molecular complexity index is 1350. The third-order valence-corrected chi connectivity index (χ3v) is 10.5. The van der Waals surface area contributed by atoms with Crippen LogP contribution in [-0.4, -0.2) is 79.2 Å². The summed E-state index contributed by atoms with van der Waals surface area (Å²) in [4.78, 5) is 13.0. The summed E-state index contributed by atoms with van der Waals surface area (Å²) in [6.45, 7) is 16.1. The fraction of sp³-hybridized carbons (Fsp3) is 0.571. The number of rotatable bonds is 6. The van der Waals surface area contributed by atoms with Gasteiger partial charge in [0.1, 0.15) is 12.4 Å². The molecule has 6 nitrogen and oxygen atoms in total. The second kappa shape index (κ2) is 11.1. The van der Waals surface area contributed by atoms with E-state index in [2.05, 4.69) is 76.8 Å². The van der Waals surface area contributed by atoms with Crippen LogP contribution in [0, 0.1) is 0 Å². The van der Waals surface area contributed by atoms with Gasteiger partial charge in [-0.15, -0.1) is 0 Å². The number of hydrogen-bond donors (Lipinski definition) is 1. The molecule has 0 amide bonds. The minimum atomic E-state index is 0.239. The van der Waals surface area contributed by atoms with E-state index in [9.17, 15) is 0 Å². The lowest BCUT2D eigenvalue weighted by Crippen LogP contribution is -2.51. The van der Waals surface area contributed by atoms with E-state index in [1.54, 1.807) is 0 Å². The van der Waals surface area contributed by atoms with Crippen LogP contribution in [0.5, 0.6) is 0 Å². The third kappa shape index (κ3) is 5.08. The molecule has 5 aliphatic heterocycles. The summed E-state index contributed by atoms with van der Waals surface area (Å²) in [7, 11) is 0. The summed E-state index contributed by atoms with van der Waals surface area (Å²) >= 11 is 0. The molecule has 2 atom stereocenters. The van der Waals surface area contributed by atoms with Crippen LogP contribution < -0.4 is 10.2 Å². The van der Waals surface area contributed by atoms with Crippen molar-refractivity contribution < 1.29 is 4.74 Å². The molecule has 6 heteroatoms. The van der Waals surface area contributed by atoms with Crippen molar-refractivity contribution >= 4 is 22.4 Å². The van der Waals surface area contributed by atoms with Gasteiger partial charge in [-0.05, 0) is 87.0 Å². The number of hydrogen-bond acceptors (Lipinski definition) is 6. The minimum absolute atomic E-state index is 0.239. The van der Waals surface area contributed by atoms with Gasteiger partial charge in [0.25, 0.3) is 0 Å². The van der Waals surface area contributed by atoms with Crippen molar-refractivity contribution in [3.05, 3.63) is 65.5 Å². The highest BCUT2D eigenvalue weighted by Gasteiger charge is 2.45. The lowest BCUT2D eigenvalue weighted by atomic mass is 9.95. The van der Waals surface area contributed by atoms with Gasteiger partial charge in [0.05, 0.1) is 5.54 Å². The third-order valence-electron chi connectivity index (χ3n) is 10.5. The van der Waals surface area contributed by atoms with Gasteiger partial charge >= 0.3 is 0 Å². The molecule has 41 heavy (non-hydrogen) atoms. The summed E-state index contributed by atoms with van der Waals surface area (Å²) in [5.74, 6) is 1.92. The standard InChI is InChI=1S/C35H47N5O/c1-4-27-9-5-10-28-11-6-12-32(33(27)28)38-20-15-31(25(2)21-38)34(39-22-29-13-14-30(23-39)37-29)36-26(3)41-24-35-16-7-18-40(35)19-8-17-35/h5-6,9-12,29-30,37H,2,4,7-8,13-24H2,1,3H3/b34-31+,36-26+. The highest BCUT2D eigenvalue weighted by atomic mass is 16.5. The maximum Gasteiger partial charge on any atom is 0.186 e. The van der Waals surface area contributed by atoms with E-state index in [0.29, 0.717) is 12.1 Å². The van der Waals surface area contributed by atoms with Gasteiger partial charge in [-0.2, -0.15) is 0 Å². The summed E-state index contributed by atoms with van der Waals surface area (Å²) in [5.41, 5.74) is 5.51. The van der Waals surface area contributed by atoms with E-state index < -0.39 is 0 Å². The zero-order valence-electron chi connectivity index (χ0n) is 25.1. The highest BCUT2D eigenvalue weighted by Crippen LogP contribution is 2.39. The average Bonchev–Trinajstić information content (AvgIpc) is 3.68. The monoisotopic (exact) mass is 553 g/mol. The van der Waals surface area contributed by atoms with Crippen LogP contribution in [0.2, 0.25) is 0 Å². The van der Waals surface area contributed by atoms with Gasteiger partial charge in [0.2, 0.25) is 0 Å². The van der Waals surface area contributed by atoms with Crippen molar-refractivity contribution in [2.75, 3.05) is 50.8 Å². The molecule has 5 aliphatic rings. The molecule has 0 aliphatic carbocycles. The summed E-state index contributed by atoms with van der Waals surface area (Å²) in [5, 5.41) is 6.52. The molecule has 2 unspecified atom stereocenters. The maximum atomic E-state index is 6.50. The van der Waals surface area contributed by atoms with Crippen molar-refractivity contribution in [3.63, 3.8) is 0 Å². The van der Waals surface area contributed by atoms with Crippen LogP contribution in [0.4, 0.5) is 5.69 Å². The lowest BCUT2D eigenvalue weighted by molar-refractivity contribution is 0.106. The Balaban J connectivity index is 1.17. The molecule has 7 rings (SSSR count). The van der Waals surface area contributed by atoms with Crippen LogP contribution in [0.25, 0.3) is 10.8 Å². The fourth-order valence-electron chi connectivity index (χ4n) is 8.44. The molecule has 5 fully saturated rings. The van der Waals surface area contributed by atoms with Crippen LogP contribution in [-0.2, 0) is 11.2 Å². The molecular weight excluding hydrogens is 506 g/mol. The zero-order chi connectivity index (χ0) is 28.0. The number of nitrogens with one attached hydrogen (secondary N) is 1. The molecule has 0 saturated carbocycles. The molecule has 0 radical (unpaired) electrons. The van der Waals surface area contributed by atoms with Crippen LogP contribution in [0.1, 0.15) is 64.4 Å². The van der Waals surface area contributed by atoms with Crippen molar-refractivity contribution in [2.45, 2.75) is 82.8 Å². The highest BCUT2D eigenvalue weighted by molar-refractivity contribution is 5.97.